The van der Waals surface area contributed by atoms with Gasteiger partial charge in [0, 0.05) is 19.5 Å². The molecule has 21 heavy (non-hydrogen) atoms. The Morgan fingerprint density at radius 1 is 0.762 bits per heavy atom. The Bertz CT molecular complexity index is 219. The normalized spacial score (nSPS) is 10.8. The monoisotopic (exact) mass is 298 g/mol. The maximum Gasteiger partial charge on any atom is 0.222 e. The molecule has 0 radical (unpaired) electrons. The molecule has 3 heteroatoms. The molecular formula is C18H38N2O. The highest BCUT2D eigenvalue weighted by molar-refractivity contribution is 5.76. The molecule has 0 saturated carbocycles. The van der Waals surface area contributed by atoms with E-state index in [4.69, 9.17) is 5.73 Å². The molecule has 0 bridgehead atoms. The summed E-state index contributed by atoms with van der Waals surface area (Å²) >= 11 is 0. The average Bonchev–Trinajstić information content (AvgIpc) is 2.49. The van der Waals surface area contributed by atoms with E-state index in [1.54, 1.807) is 0 Å². The predicted octanol–water partition coefficient (Wildman–Crippen LogP) is 4.49. The van der Waals surface area contributed by atoms with Gasteiger partial charge in [-0.2, -0.15) is 0 Å². The number of hydrogen-bond acceptors (Lipinski definition) is 2. The van der Waals surface area contributed by atoms with Crippen LogP contribution >= 0.6 is 0 Å². The molecule has 0 unspecified atom stereocenters. The van der Waals surface area contributed by atoms with Gasteiger partial charge in [-0.05, 0) is 32.2 Å². The largest absolute Gasteiger partial charge is 0.343 e. The van der Waals surface area contributed by atoms with E-state index in [2.05, 4.69) is 18.7 Å². The zero-order valence-electron chi connectivity index (χ0n) is 14.5. The van der Waals surface area contributed by atoms with E-state index in [-0.39, 0.29) is 0 Å². The zero-order valence-corrected chi connectivity index (χ0v) is 14.5. The van der Waals surface area contributed by atoms with Crippen LogP contribution in [0.3, 0.4) is 0 Å². The standard InChI is InChI=1S/C18H38N2O/c1-3-5-7-12-16-20(17-13-8-6-4-2)18(21)14-10-9-11-15-19/h3-17,19H2,1-2H3. The molecule has 0 atom stereocenters. The van der Waals surface area contributed by atoms with Gasteiger partial charge in [0.2, 0.25) is 5.91 Å². The van der Waals surface area contributed by atoms with E-state index < -0.39 is 0 Å². The lowest BCUT2D eigenvalue weighted by atomic mass is 10.1. The molecule has 0 aromatic heterocycles. The first-order valence-corrected chi connectivity index (χ1v) is 9.24. The van der Waals surface area contributed by atoms with Crippen LogP contribution < -0.4 is 5.73 Å². The highest BCUT2D eigenvalue weighted by Gasteiger charge is 2.12. The Morgan fingerprint density at radius 2 is 1.29 bits per heavy atom. The molecule has 0 fully saturated rings. The van der Waals surface area contributed by atoms with Crippen LogP contribution in [0.25, 0.3) is 0 Å². The topological polar surface area (TPSA) is 46.3 Å². The van der Waals surface area contributed by atoms with E-state index in [1.807, 2.05) is 0 Å². The lowest BCUT2D eigenvalue weighted by Gasteiger charge is -2.23. The van der Waals surface area contributed by atoms with Crippen LogP contribution in [0.2, 0.25) is 0 Å². The molecule has 2 N–H and O–H groups in total. The van der Waals surface area contributed by atoms with Crippen molar-refractivity contribution in [2.75, 3.05) is 19.6 Å². The molecule has 3 nitrogen and oxygen atoms in total. The second-order valence-corrected chi connectivity index (χ2v) is 6.10. The van der Waals surface area contributed by atoms with E-state index >= 15 is 0 Å². The first-order chi connectivity index (χ1) is 10.3. The van der Waals surface area contributed by atoms with Crippen molar-refractivity contribution >= 4 is 5.91 Å². The molecule has 0 heterocycles. The maximum atomic E-state index is 12.3. The molecular weight excluding hydrogens is 260 g/mol. The predicted molar refractivity (Wildman–Crippen MR) is 92.4 cm³/mol. The van der Waals surface area contributed by atoms with Crippen LogP contribution in [0.5, 0.6) is 0 Å². The van der Waals surface area contributed by atoms with Crippen molar-refractivity contribution in [3.05, 3.63) is 0 Å². The summed E-state index contributed by atoms with van der Waals surface area (Å²) in [5.74, 6) is 0.361. The van der Waals surface area contributed by atoms with Crippen molar-refractivity contribution in [2.24, 2.45) is 5.73 Å². The van der Waals surface area contributed by atoms with Gasteiger partial charge in [0.05, 0.1) is 0 Å². The molecule has 0 aliphatic carbocycles. The number of unbranched alkanes of at least 4 members (excludes halogenated alkanes) is 8. The smallest absolute Gasteiger partial charge is 0.222 e. The lowest BCUT2D eigenvalue weighted by Crippen LogP contribution is -2.32. The van der Waals surface area contributed by atoms with Gasteiger partial charge in [0.25, 0.3) is 0 Å². The van der Waals surface area contributed by atoms with Crippen LogP contribution in [0.1, 0.15) is 90.9 Å². The summed E-state index contributed by atoms with van der Waals surface area (Å²) in [5, 5.41) is 0. The second-order valence-electron chi connectivity index (χ2n) is 6.10. The van der Waals surface area contributed by atoms with Crippen molar-refractivity contribution in [2.45, 2.75) is 90.9 Å². The van der Waals surface area contributed by atoms with Gasteiger partial charge in [0.1, 0.15) is 0 Å². The third kappa shape index (κ3) is 12.9. The minimum atomic E-state index is 0.361. The van der Waals surface area contributed by atoms with E-state index in [0.717, 1.165) is 51.7 Å². The summed E-state index contributed by atoms with van der Waals surface area (Å²) in [4.78, 5) is 14.4. The fourth-order valence-electron chi connectivity index (χ4n) is 2.58. The summed E-state index contributed by atoms with van der Waals surface area (Å²) in [7, 11) is 0. The van der Waals surface area contributed by atoms with Crippen molar-refractivity contribution in [3.8, 4) is 0 Å². The molecule has 0 spiro atoms. The van der Waals surface area contributed by atoms with E-state index in [9.17, 15) is 4.79 Å². The van der Waals surface area contributed by atoms with Crippen molar-refractivity contribution < 1.29 is 4.79 Å². The van der Waals surface area contributed by atoms with Gasteiger partial charge in [-0.15, -0.1) is 0 Å². The Labute approximate surface area is 132 Å². The van der Waals surface area contributed by atoms with Crippen molar-refractivity contribution in [3.63, 3.8) is 0 Å². The minimum Gasteiger partial charge on any atom is -0.343 e. The van der Waals surface area contributed by atoms with Crippen LogP contribution in [0.4, 0.5) is 0 Å². The van der Waals surface area contributed by atoms with Crippen LogP contribution in [0, 0.1) is 0 Å². The highest BCUT2D eigenvalue weighted by atomic mass is 16.2. The third-order valence-corrected chi connectivity index (χ3v) is 4.01. The summed E-state index contributed by atoms with van der Waals surface area (Å²) in [5.41, 5.74) is 5.50. The first-order valence-electron chi connectivity index (χ1n) is 9.24. The van der Waals surface area contributed by atoms with Crippen LogP contribution in [-0.4, -0.2) is 30.4 Å². The Kier molecular flexibility index (Phi) is 15.4. The fourth-order valence-corrected chi connectivity index (χ4v) is 2.58. The van der Waals surface area contributed by atoms with Gasteiger partial charge < -0.3 is 10.6 Å². The molecule has 0 aliphatic rings. The van der Waals surface area contributed by atoms with Gasteiger partial charge >= 0.3 is 0 Å². The van der Waals surface area contributed by atoms with Gasteiger partial charge in [0.15, 0.2) is 0 Å². The molecule has 0 rings (SSSR count). The van der Waals surface area contributed by atoms with Gasteiger partial charge in [-0.1, -0.05) is 58.8 Å². The SMILES string of the molecule is CCCCCCN(CCCCCC)C(=O)CCCCCN. The molecule has 0 aromatic rings. The lowest BCUT2D eigenvalue weighted by molar-refractivity contribution is -0.131. The average molecular weight is 299 g/mol. The first kappa shape index (κ1) is 20.4. The summed E-state index contributed by atoms with van der Waals surface area (Å²) in [6.45, 7) is 7.12. The Balaban J connectivity index is 3.98. The molecule has 0 saturated heterocycles. The highest BCUT2D eigenvalue weighted by Crippen LogP contribution is 2.09. The molecule has 0 aliphatic heterocycles. The number of carbonyl (C=O) groups excluding carboxylic acids is 1. The van der Waals surface area contributed by atoms with Crippen LogP contribution in [0.15, 0.2) is 0 Å². The second kappa shape index (κ2) is 15.8. The number of hydrogen-bond donors (Lipinski definition) is 1. The number of nitrogens with two attached hydrogens (primary N) is 1. The fraction of sp³-hybridized carbons (Fsp3) is 0.944. The molecule has 0 aromatic carbocycles. The number of carbonyl (C=O) groups is 1. The van der Waals surface area contributed by atoms with Crippen LogP contribution in [-0.2, 0) is 4.79 Å². The number of rotatable bonds is 15. The third-order valence-electron chi connectivity index (χ3n) is 4.01. The van der Waals surface area contributed by atoms with Crippen molar-refractivity contribution in [1.82, 2.24) is 4.90 Å². The summed E-state index contributed by atoms with van der Waals surface area (Å²) < 4.78 is 0. The maximum absolute atomic E-state index is 12.3. The molecule has 126 valence electrons. The van der Waals surface area contributed by atoms with Gasteiger partial charge in [-0.3, -0.25) is 4.79 Å². The summed E-state index contributed by atoms with van der Waals surface area (Å²) in [6.07, 6.45) is 13.7. The Morgan fingerprint density at radius 3 is 1.76 bits per heavy atom. The van der Waals surface area contributed by atoms with Gasteiger partial charge in [-0.25, -0.2) is 0 Å². The number of nitrogens with zero attached hydrogens (tertiary/aromatic N) is 1. The molecule has 1 amide bonds. The van der Waals surface area contributed by atoms with E-state index in [1.165, 1.54) is 38.5 Å². The van der Waals surface area contributed by atoms with E-state index in [0.29, 0.717) is 12.3 Å². The minimum absolute atomic E-state index is 0.361. The zero-order chi connectivity index (χ0) is 15.8. The Hall–Kier alpha value is -0.570. The quantitative estimate of drug-likeness (QED) is 0.453. The van der Waals surface area contributed by atoms with Crippen molar-refractivity contribution in [1.29, 1.82) is 0 Å². The number of amides is 1. The summed E-state index contributed by atoms with van der Waals surface area (Å²) in [6, 6.07) is 0.